The highest BCUT2D eigenvalue weighted by Crippen LogP contribution is 2.30. The first-order valence-corrected chi connectivity index (χ1v) is 9.36. The largest absolute Gasteiger partial charge is 0.311 e. The second kappa shape index (κ2) is 7.00. The number of hydrogen-bond acceptors (Lipinski definition) is 3. The van der Waals surface area contributed by atoms with Crippen LogP contribution in [-0.2, 0) is 11.2 Å². The number of carbonyl (C=O) groups is 1. The highest BCUT2D eigenvalue weighted by molar-refractivity contribution is 5.98. The van der Waals surface area contributed by atoms with Crippen LogP contribution in [0, 0.1) is 0 Å². The average Bonchev–Trinajstić information content (AvgIpc) is 3.21. The van der Waals surface area contributed by atoms with Gasteiger partial charge in [-0.05, 0) is 63.4 Å². The summed E-state index contributed by atoms with van der Waals surface area (Å²) in [5, 5.41) is 7.16. The van der Waals surface area contributed by atoms with Crippen molar-refractivity contribution in [2.45, 2.75) is 44.6 Å². The normalized spacial score (nSPS) is 20.3. The van der Waals surface area contributed by atoms with E-state index in [1.807, 2.05) is 17.2 Å². The van der Waals surface area contributed by atoms with Gasteiger partial charge >= 0.3 is 0 Å². The van der Waals surface area contributed by atoms with Gasteiger partial charge in [-0.15, -0.1) is 0 Å². The lowest BCUT2D eigenvalue weighted by molar-refractivity contribution is -0.123. The first-order chi connectivity index (χ1) is 12.2. The monoisotopic (exact) mass is 338 g/mol. The fraction of sp³-hybridized carbons (Fsp3) is 0.500. The number of piperidine rings is 1. The maximum Gasteiger partial charge on any atom is 0.244 e. The minimum absolute atomic E-state index is 0.0612. The van der Waals surface area contributed by atoms with Crippen LogP contribution in [0.3, 0.4) is 0 Å². The van der Waals surface area contributed by atoms with Crippen LogP contribution in [0.15, 0.2) is 36.5 Å². The molecule has 0 saturated carbocycles. The van der Waals surface area contributed by atoms with E-state index in [2.05, 4.69) is 46.3 Å². The standard InChI is InChI=1S/C20H26N4O/c1-15(23-13-9-16(10-14-23)18-8-11-21-22-18)20(25)24-12-4-6-17-5-2-3-7-19(17)24/h2-3,5,7-8,11,15-16H,4,6,9-10,12-14H2,1H3,(H,21,22). The van der Waals surface area contributed by atoms with E-state index in [-0.39, 0.29) is 11.9 Å². The summed E-state index contributed by atoms with van der Waals surface area (Å²) in [6, 6.07) is 10.3. The van der Waals surface area contributed by atoms with Crippen molar-refractivity contribution in [1.29, 1.82) is 0 Å². The summed E-state index contributed by atoms with van der Waals surface area (Å²) in [5.41, 5.74) is 3.63. The Bertz CT molecular complexity index is 719. The molecule has 25 heavy (non-hydrogen) atoms. The smallest absolute Gasteiger partial charge is 0.244 e. The molecular formula is C20H26N4O. The topological polar surface area (TPSA) is 52.2 Å². The van der Waals surface area contributed by atoms with Crippen LogP contribution in [-0.4, -0.2) is 46.7 Å². The van der Waals surface area contributed by atoms with E-state index in [1.54, 1.807) is 0 Å². The molecule has 0 radical (unpaired) electrons. The summed E-state index contributed by atoms with van der Waals surface area (Å²) in [6.45, 7) is 4.83. The quantitative estimate of drug-likeness (QED) is 0.936. The van der Waals surface area contributed by atoms with E-state index in [0.717, 1.165) is 51.0 Å². The van der Waals surface area contributed by atoms with Gasteiger partial charge in [-0.3, -0.25) is 14.8 Å². The van der Waals surface area contributed by atoms with E-state index < -0.39 is 0 Å². The minimum Gasteiger partial charge on any atom is -0.311 e. The molecule has 4 rings (SSSR count). The number of amides is 1. The number of nitrogens with one attached hydrogen (secondary N) is 1. The molecule has 1 fully saturated rings. The van der Waals surface area contributed by atoms with Crippen molar-refractivity contribution in [2.75, 3.05) is 24.5 Å². The van der Waals surface area contributed by atoms with Crippen LogP contribution in [0.25, 0.3) is 0 Å². The van der Waals surface area contributed by atoms with Crippen molar-refractivity contribution in [3.8, 4) is 0 Å². The van der Waals surface area contributed by atoms with Crippen molar-refractivity contribution in [3.63, 3.8) is 0 Å². The minimum atomic E-state index is -0.0612. The second-order valence-electron chi connectivity index (χ2n) is 7.22. The molecule has 0 bridgehead atoms. The van der Waals surface area contributed by atoms with E-state index in [4.69, 9.17) is 0 Å². The Balaban J connectivity index is 1.42. The lowest BCUT2D eigenvalue weighted by Gasteiger charge is -2.38. The number of hydrogen-bond donors (Lipinski definition) is 1. The number of likely N-dealkylation sites (tertiary alicyclic amines) is 1. The lowest BCUT2D eigenvalue weighted by atomic mass is 9.92. The molecule has 1 aromatic heterocycles. The Morgan fingerprint density at radius 3 is 2.76 bits per heavy atom. The Morgan fingerprint density at radius 2 is 2.00 bits per heavy atom. The number of para-hydroxylation sites is 1. The van der Waals surface area contributed by atoms with Crippen molar-refractivity contribution < 1.29 is 4.79 Å². The van der Waals surface area contributed by atoms with Crippen LogP contribution < -0.4 is 4.90 Å². The van der Waals surface area contributed by atoms with Gasteiger partial charge in [0.1, 0.15) is 0 Å². The maximum atomic E-state index is 13.1. The fourth-order valence-electron chi connectivity index (χ4n) is 4.24. The van der Waals surface area contributed by atoms with Crippen molar-refractivity contribution in [3.05, 3.63) is 47.8 Å². The molecule has 0 aliphatic carbocycles. The molecule has 1 amide bonds. The van der Waals surface area contributed by atoms with Gasteiger partial charge in [-0.25, -0.2) is 0 Å². The third-order valence-corrected chi connectivity index (χ3v) is 5.77. The Morgan fingerprint density at radius 1 is 1.20 bits per heavy atom. The van der Waals surface area contributed by atoms with Gasteiger partial charge in [0.15, 0.2) is 0 Å². The number of fused-ring (bicyclic) bond motifs is 1. The molecule has 132 valence electrons. The summed E-state index contributed by atoms with van der Waals surface area (Å²) in [7, 11) is 0. The molecule has 1 unspecified atom stereocenters. The number of anilines is 1. The zero-order valence-corrected chi connectivity index (χ0v) is 14.8. The molecule has 1 saturated heterocycles. The van der Waals surface area contributed by atoms with E-state index >= 15 is 0 Å². The van der Waals surface area contributed by atoms with E-state index in [0.29, 0.717) is 5.92 Å². The number of aromatic amines is 1. The number of carbonyl (C=O) groups excluding carboxylic acids is 1. The molecule has 2 aliphatic rings. The molecule has 0 spiro atoms. The van der Waals surface area contributed by atoms with Crippen molar-refractivity contribution in [1.82, 2.24) is 15.1 Å². The van der Waals surface area contributed by atoms with Crippen LogP contribution in [0.2, 0.25) is 0 Å². The number of nitrogens with zero attached hydrogens (tertiary/aromatic N) is 3. The molecule has 2 aliphatic heterocycles. The van der Waals surface area contributed by atoms with Crippen LogP contribution >= 0.6 is 0 Å². The highest BCUT2D eigenvalue weighted by Gasteiger charge is 2.32. The van der Waals surface area contributed by atoms with E-state index in [9.17, 15) is 4.79 Å². The van der Waals surface area contributed by atoms with E-state index in [1.165, 1.54) is 11.3 Å². The third-order valence-electron chi connectivity index (χ3n) is 5.77. The van der Waals surface area contributed by atoms with Gasteiger partial charge in [0, 0.05) is 30.0 Å². The number of H-pyrrole nitrogens is 1. The summed E-state index contributed by atoms with van der Waals surface area (Å²) in [6.07, 6.45) is 6.11. The molecule has 1 atom stereocenters. The molecule has 1 N–H and O–H groups in total. The molecule has 5 heteroatoms. The molecule has 1 aromatic carbocycles. The van der Waals surface area contributed by atoms with Gasteiger partial charge in [0.2, 0.25) is 5.91 Å². The number of rotatable bonds is 3. The Labute approximate surface area is 149 Å². The van der Waals surface area contributed by atoms with Gasteiger partial charge in [-0.1, -0.05) is 18.2 Å². The fourth-order valence-corrected chi connectivity index (χ4v) is 4.24. The number of benzene rings is 1. The molecule has 2 aromatic rings. The maximum absolute atomic E-state index is 13.1. The molecule has 5 nitrogen and oxygen atoms in total. The summed E-state index contributed by atoms with van der Waals surface area (Å²) >= 11 is 0. The lowest BCUT2D eigenvalue weighted by Crippen LogP contribution is -2.50. The van der Waals surface area contributed by atoms with Crippen molar-refractivity contribution in [2.24, 2.45) is 0 Å². The Kier molecular flexibility index (Phi) is 4.57. The van der Waals surface area contributed by atoms with Gasteiger partial charge in [0.05, 0.1) is 6.04 Å². The predicted molar refractivity (Wildman–Crippen MR) is 98.7 cm³/mol. The van der Waals surface area contributed by atoms with Gasteiger partial charge in [-0.2, -0.15) is 5.10 Å². The van der Waals surface area contributed by atoms with Crippen molar-refractivity contribution >= 4 is 11.6 Å². The van der Waals surface area contributed by atoms with Gasteiger partial charge in [0.25, 0.3) is 0 Å². The number of aromatic nitrogens is 2. The van der Waals surface area contributed by atoms with Gasteiger partial charge < -0.3 is 4.90 Å². The second-order valence-corrected chi connectivity index (χ2v) is 7.22. The average molecular weight is 338 g/mol. The summed E-state index contributed by atoms with van der Waals surface area (Å²) < 4.78 is 0. The zero-order valence-electron chi connectivity index (χ0n) is 14.8. The predicted octanol–water partition coefficient (Wildman–Crippen LogP) is 2.96. The number of aryl methyl sites for hydroxylation is 1. The summed E-state index contributed by atoms with van der Waals surface area (Å²) in [5.74, 6) is 0.781. The zero-order chi connectivity index (χ0) is 17.2. The first-order valence-electron chi connectivity index (χ1n) is 9.36. The molecule has 3 heterocycles. The van der Waals surface area contributed by atoms with Crippen LogP contribution in [0.4, 0.5) is 5.69 Å². The highest BCUT2D eigenvalue weighted by atomic mass is 16.2. The summed E-state index contributed by atoms with van der Waals surface area (Å²) in [4.78, 5) is 17.5. The SMILES string of the molecule is CC(C(=O)N1CCCc2ccccc21)N1CCC(c2ccn[nH]2)CC1. The van der Waals surface area contributed by atoms with Crippen LogP contribution in [0.5, 0.6) is 0 Å². The molecular weight excluding hydrogens is 312 g/mol. The Hall–Kier alpha value is -2.14. The van der Waals surface area contributed by atoms with Crippen LogP contribution in [0.1, 0.15) is 43.4 Å². The first kappa shape index (κ1) is 16.3. The third kappa shape index (κ3) is 3.21.